The predicted molar refractivity (Wildman–Crippen MR) is 157 cm³/mol. The number of para-hydroxylation sites is 1. The molecule has 3 rings (SSSR count). The highest BCUT2D eigenvalue weighted by molar-refractivity contribution is 7.14. The second kappa shape index (κ2) is 14.4. The van der Waals surface area contributed by atoms with E-state index in [1.54, 1.807) is 20.1 Å². The summed E-state index contributed by atoms with van der Waals surface area (Å²) in [7, 11) is 1.63. The number of halogens is 2. The fourth-order valence-corrected chi connectivity index (χ4v) is 5.22. The fourth-order valence-electron chi connectivity index (χ4n) is 3.92. The quantitative estimate of drug-likeness (QED) is 0.125. The van der Waals surface area contributed by atoms with Crippen molar-refractivity contribution in [2.24, 2.45) is 0 Å². The molecule has 1 aromatic heterocycles. The van der Waals surface area contributed by atoms with Gasteiger partial charge in [-0.05, 0) is 50.1 Å². The summed E-state index contributed by atoms with van der Waals surface area (Å²) in [6.07, 6.45) is 6.74. The molecule has 6 nitrogen and oxygen atoms in total. The van der Waals surface area contributed by atoms with Crippen LogP contribution in [-0.4, -0.2) is 30.9 Å². The SMILES string of the molecule is CCCCCCO[C@@H](C)c1cccc(-c2csc(NC(=O)c3cc(Cl)c(/C=C(\C)C=O)c(Cl)c3)n2)c1OC. The van der Waals surface area contributed by atoms with Gasteiger partial charge in [0.05, 0.1) is 29.0 Å². The summed E-state index contributed by atoms with van der Waals surface area (Å²) >= 11 is 14.0. The molecule has 3 aromatic rings. The summed E-state index contributed by atoms with van der Waals surface area (Å²) in [4.78, 5) is 28.5. The molecule has 0 radical (unpaired) electrons. The van der Waals surface area contributed by atoms with Crippen molar-refractivity contribution in [3.05, 3.63) is 68.0 Å². The molecular weight excluding hydrogens is 543 g/mol. The van der Waals surface area contributed by atoms with Gasteiger partial charge in [-0.2, -0.15) is 0 Å². The molecule has 0 aliphatic rings. The molecule has 0 fully saturated rings. The zero-order valence-electron chi connectivity index (χ0n) is 22.0. The van der Waals surface area contributed by atoms with Crippen molar-refractivity contribution in [3.8, 4) is 17.0 Å². The van der Waals surface area contributed by atoms with Crippen LogP contribution >= 0.6 is 34.5 Å². The fraction of sp³-hybridized carbons (Fsp3) is 0.345. The Morgan fingerprint density at radius 3 is 2.58 bits per heavy atom. The number of benzene rings is 2. The van der Waals surface area contributed by atoms with Crippen molar-refractivity contribution in [2.45, 2.75) is 52.6 Å². The number of amides is 1. The predicted octanol–water partition coefficient (Wildman–Crippen LogP) is 8.64. The average molecular weight is 576 g/mol. The van der Waals surface area contributed by atoms with E-state index in [9.17, 15) is 9.59 Å². The van der Waals surface area contributed by atoms with Crippen LogP contribution in [0.2, 0.25) is 10.0 Å². The van der Waals surface area contributed by atoms with Gasteiger partial charge in [0.1, 0.15) is 12.0 Å². The molecule has 0 aliphatic heterocycles. The van der Waals surface area contributed by atoms with Crippen molar-refractivity contribution < 1.29 is 19.1 Å². The molecule has 1 heterocycles. The summed E-state index contributed by atoms with van der Waals surface area (Å²) in [5, 5.41) is 5.64. The number of aromatic nitrogens is 1. The maximum absolute atomic E-state index is 12.9. The third-order valence-electron chi connectivity index (χ3n) is 5.95. The maximum atomic E-state index is 12.9. The summed E-state index contributed by atoms with van der Waals surface area (Å²) in [6, 6.07) is 8.91. The van der Waals surface area contributed by atoms with Gasteiger partial charge in [-0.3, -0.25) is 14.9 Å². The highest BCUT2D eigenvalue weighted by atomic mass is 35.5. The number of methoxy groups -OCH3 is 1. The van der Waals surface area contributed by atoms with Crippen LogP contribution in [0.4, 0.5) is 5.13 Å². The molecule has 0 bridgehead atoms. The molecule has 38 heavy (non-hydrogen) atoms. The van der Waals surface area contributed by atoms with Gasteiger partial charge in [-0.1, -0.05) is 61.5 Å². The van der Waals surface area contributed by atoms with E-state index in [1.165, 1.54) is 36.3 Å². The van der Waals surface area contributed by atoms with E-state index >= 15 is 0 Å². The van der Waals surface area contributed by atoms with E-state index < -0.39 is 5.91 Å². The van der Waals surface area contributed by atoms with Crippen LogP contribution < -0.4 is 10.1 Å². The number of anilines is 1. The highest BCUT2D eigenvalue weighted by Crippen LogP contribution is 2.38. The Hall–Kier alpha value is -2.71. The van der Waals surface area contributed by atoms with Crippen LogP contribution in [0.15, 0.2) is 41.3 Å². The van der Waals surface area contributed by atoms with Gasteiger partial charge in [0.2, 0.25) is 0 Å². The summed E-state index contributed by atoms with van der Waals surface area (Å²) in [6.45, 7) is 6.55. The van der Waals surface area contributed by atoms with Gasteiger partial charge in [-0.15, -0.1) is 11.3 Å². The van der Waals surface area contributed by atoms with Gasteiger partial charge < -0.3 is 9.47 Å². The number of allylic oxidation sites excluding steroid dienone is 1. The lowest BCUT2D eigenvalue weighted by Crippen LogP contribution is -2.12. The lowest BCUT2D eigenvalue weighted by molar-refractivity contribution is -0.104. The van der Waals surface area contributed by atoms with Gasteiger partial charge in [0.25, 0.3) is 5.91 Å². The summed E-state index contributed by atoms with van der Waals surface area (Å²) in [5.74, 6) is 0.299. The Bertz CT molecular complexity index is 1280. The minimum absolute atomic E-state index is 0.132. The van der Waals surface area contributed by atoms with Crippen LogP contribution in [0.5, 0.6) is 5.75 Å². The first-order chi connectivity index (χ1) is 18.3. The third kappa shape index (κ3) is 7.67. The van der Waals surface area contributed by atoms with E-state index in [2.05, 4.69) is 17.2 Å². The minimum Gasteiger partial charge on any atom is -0.496 e. The van der Waals surface area contributed by atoms with Crippen molar-refractivity contribution in [1.29, 1.82) is 0 Å². The average Bonchev–Trinajstić information content (AvgIpc) is 3.37. The monoisotopic (exact) mass is 574 g/mol. The number of nitrogens with zero attached hydrogens (tertiary/aromatic N) is 1. The van der Waals surface area contributed by atoms with E-state index in [0.29, 0.717) is 40.6 Å². The first-order valence-corrected chi connectivity index (χ1v) is 14.1. The second-order valence-corrected chi connectivity index (χ2v) is 10.5. The molecule has 9 heteroatoms. The van der Waals surface area contributed by atoms with Crippen molar-refractivity contribution in [3.63, 3.8) is 0 Å². The number of ether oxygens (including phenoxy) is 2. The van der Waals surface area contributed by atoms with Crippen LogP contribution in [0.25, 0.3) is 17.3 Å². The first-order valence-electron chi connectivity index (χ1n) is 12.5. The highest BCUT2D eigenvalue weighted by Gasteiger charge is 2.19. The second-order valence-electron chi connectivity index (χ2n) is 8.85. The Balaban J connectivity index is 1.76. The number of thiazole rings is 1. The number of hydrogen-bond donors (Lipinski definition) is 1. The number of hydrogen-bond acceptors (Lipinski definition) is 6. The van der Waals surface area contributed by atoms with Gasteiger partial charge in [0, 0.05) is 34.2 Å². The molecule has 0 saturated heterocycles. The number of rotatable bonds is 13. The van der Waals surface area contributed by atoms with Gasteiger partial charge in [0.15, 0.2) is 5.13 Å². The summed E-state index contributed by atoms with van der Waals surface area (Å²) in [5.41, 5.74) is 3.67. The Kier molecular flexibility index (Phi) is 11.3. The number of nitrogens with one attached hydrogen (secondary N) is 1. The Labute approximate surface area is 238 Å². The zero-order chi connectivity index (χ0) is 27.7. The standard InChI is InChI=1S/C29H32Cl2N2O4S/c1-5-6-7-8-12-37-19(3)21-10-9-11-22(27(21)36-4)26-17-38-29(32-26)33-28(35)20-14-24(30)23(25(31)15-20)13-18(2)16-34/h9-11,13-17,19H,5-8,12H2,1-4H3,(H,32,33,35)/b18-13+/t19-/m0/s1. The molecule has 0 saturated carbocycles. The van der Waals surface area contributed by atoms with E-state index in [-0.39, 0.29) is 21.7 Å². The number of carbonyl (C=O) groups excluding carboxylic acids is 2. The van der Waals surface area contributed by atoms with E-state index in [0.717, 1.165) is 24.0 Å². The molecule has 0 spiro atoms. The molecule has 0 unspecified atom stereocenters. The van der Waals surface area contributed by atoms with Crippen LogP contribution in [0.3, 0.4) is 0 Å². The van der Waals surface area contributed by atoms with E-state index in [1.807, 2.05) is 30.5 Å². The summed E-state index contributed by atoms with van der Waals surface area (Å²) < 4.78 is 11.8. The lowest BCUT2D eigenvalue weighted by Gasteiger charge is -2.18. The minimum atomic E-state index is -0.400. The molecule has 2 aromatic carbocycles. The maximum Gasteiger partial charge on any atom is 0.257 e. The first kappa shape index (κ1) is 29.8. The van der Waals surface area contributed by atoms with Crippen molar-refractivity contribution in [2.75, 3.05) is 19.0 Å². The van der Waals surface area contributed by atoms with Crippen molar-refractivity contribution in [1.82, 2.24) is 4.98 Å². The number of carbonyl (C=O) groups is 2. The number of aldehydes is 1. The Morgan fingerprint density at radius 2 is 1.92 bits per heavy atom. The molecular formula is C29H32Cl2N2O4S. The third-order valence-corrected chi connectivity index (χ3v) is 7.34. The number of unbranched alkanes of at least 4 members (excludes halogenated alkanes) is 3. The van der Waals surface area contributed by atoms with Crippen LogP contribution in [-0.2, 0) is 9.53 Å². The van der Waals surface area contributed by atoms with E-state index in [4.69, 9.17) is 32.7 Å². The van der Waals surface area contributed by atoms with Crippen LogP contribution in [0.1, 0.15) is 74.0 Å². The zero-order valence-corrected chi connectivity index (χ0v) is 24.3. The largest absolute Gasteiger partial charge is 0.496 e. The molecule has 1 N–H and O–H groups in total. The Morgan fingerprint density at radius 1 is 1.18 bits per heavy atom. The molecule has 202 valence electrons. The lowest BCUT2D eigenvalue weighted by atomic mass is 10.0. The molecule has 1 amide bonds. The normalized spacial score (nSPS) is 12.3. The topological polar surface area (TPSA) is 77.5 Å². The van der Waals surface area contributed by atoms with Crippen LogP contribution in [0, 0.1) is 0 Å². The van der Waals surface area contributed by atoms with Crippen molar-refractivity contribution >= 4 is 57.9 Å². The molecule has 0 aliphatic carbocycles. The van der Waals surface area contributed by atoms with Gasteiger partial charge >= 0.3 is 0 Å². The smallest absolute Gasteiger partial charge is 0.257 e. The molecule has 1 atom stereocenters. The van der Waals surface area contributed by atoms with Gasteiger partial charge in [-0.25, -0.2) is 4.98 Å².